The fraction of sp³-hybridized carbons (Fsp3) is 0.533. The van der Waals surface area contributed by atoms with Crippen LogP contribution in [0.5, 0.6) is 0 Å². The van der Waals surface area contributed by atoms with Gasteiger partial charge < -0.3 is 9.15 Å². The lowest BCUT2D eigenvalue weighted by molar-refractivity contribution is 0.0826. The Morgan fingerprint density at radius 2 is 2.35 bits per heavy atom. The average Bonchev–Trinajstić information content (AvgIpc) is 3.06. The fourth-order valence-electron chi connectivity index (χ4n) is 2.75. The van der Waals surface area contributed by atoms with Gasteiger partial charge in [0.1, 0.15) is 5.76 Å². The summed E-state index contributed by atoms with van der Waals surface area (Å²) in [6.07, 6.45) is 3.61. The molecular weight excluding hydrogens is 254 g/mol. The first-order valence-electron chi connectivity index (χ1n) is 7.18. The third kappa shape index (κ3) is 3.11. The molecule has 2 aromatic rings. The van der Waals surface area contributed by atoms with Gasteiger partial charge in [-0.1, -0.05) is 0 Å². The summed E-state index contributed by atoms with van der Waals surface area (Å²) in [7, 11) is 0. The first kappa shape index (κ1) is 13.4. The Morgan fingerprint density at radius 3 is 3.15 bits per heavy atom. The van der Waals surface area contributed by atoms with Crippen LogP contribution in [0.3, 0.4) is 0 Å². The maximum atomic E-state index is 5.61. The van der Waals surface area contributed by atoms with Crippen LogP contribution in [-0.4, -0.2) is 34.4 Å². The molecule has 0 N–H and O–H groups in total. The topological polar surface area (TPSA) is 43.4 Å². The normalized spacial score (nSPS) is 19.8. The molecule has 1 aliphatic rings. The van der Waals surface area contributed by atoms with Crippen LogP contribution in [0.4, 0.5) is 0 Å². The van der Waals surface area contributed by atoms with Gasteiger partial charge in [-0.05, 0) is 25.1 Å². The zero-order valence-electron chi connectivity index (χ0n) is 11.9. The van der Waals surface area contributed by atoms with E-state index in [1.807, 2.05) is 25.3 Å². The Kier molecular flexibility index (Phi) is 4.18. The predicted molar refractivity (Wildman–Crippen MR) is 75.0 cm³/mol. The molecule has 0 saturated carbocycles. The van der Waals surface area contributed by atoms with Gasteiger partial charge >= 0.3 is 0 Å². The number of ether oxygens (including phenoxy) is 1. The van der Waals surface area contributed by atoms with Crippen LogP contribution in [0.15, 0.2) is 35.1 Å². The molecule has 5 heteroatoms. The zero-order chi connectivity index (χ0) is 13.8. The van der Waals surface area contributed by atoms with Gasteiger partial charge in [0.05, 0.1) is 25.1 Å². The molecule has 5 nitrogen and oxygen atoms in total. The van der Waals surface area contributed by atoms with Crippen LogP contribution in [-0.2, 0) is 24.4 Å². The monoisotopic (exact) mass is 275 g/mol. The number of fused-ring (bicyclic) bond motifs is 1. The molecule has 0 fully saturated rings. The van der Waals surface area contributed by atoms with Gasteiger partial charge in [0.15, 0.2) is 0 Å². The lowest BCUT2D eigenvalue weighted by Gasteiger charge is -2.22. The Bertz CT molecular complexity index is 521. The van der Waals surface area contributed by atoms with Gasteiger partial charge in [0.2, 0.25) is 0 Å². The van der Waals surface area contributed by atoms with Crippen LogP contribution in [0.2, 0.25) is 0 Å². The summed E-state index contributed by atoms with van der Waals surface area (Å²) in [5, 5.41) is 4.42. The van der Waals surface area contributed by atoms with E-state index < -0.39 is 0 Å². The van der Waals surface area contributed by atoms with E-state index in [1.54, 1.807) is 6.26 Å². The number of furan rings is 1. The number of rotatable bonds is 5. The molecule has 0 aliphatic carbocycles. The van der Waals surface area contributed by atoms with E-state index in [0.717, 1.165) is 45.2 Å². The molecule has 0 radical (unpaired) electrons. The molecule has 0 amide bonds. The van der Waals surface area contributed by atoms with Gasteiger partial charge in [-0.3, -0.25) is 9.58 Å². The highest BCUT2D eigenvalue weighted by Gasteiger charge is 2.22. The van der Waals surface area contributed by atoms with Crippen LogP contribution in [0.1, 0.15) is 18.4 Å². The lowest BCUT2D eigenvalue weighted by Crippen LogP contribution is -2.30. The molecule has 0 unspecified atom stereocenters. The fourth-order valence-corrected chi connectivity index (χ4v) is 2.75. The second kappa shape index (κ2) is 6.24. The van der Waals surface area contributed by atoms with Crippen LogP contribution in [0.25, 0.3) is 0 Å². The van der Waals surface area contributed by atoms with Crippen LogP contribution < -0.4 is 0 Å². The summed E-state index contributed by atoms with van der Waals surface area (Å²) in [6.45, 7) is 7.26. The van der Waals surface area contributed by atoms with Gasteiger partial charge in [0, 0.05) is 38.4 Å². The second-order valence-corrected chi connectivity index (χ2v) is 5.28. The average molecular weight is 275 g/mol. The van der Waals surface area contributed by atoms with Crippen molar-refractivity contribution in [2.75, 3.05) is 19.8 Å². The Morgan fingerprint density at radius 1 is 1.40 bits per heavy atom. The van der Waals surface area contributed by atoms with Crippen molar-refractivity contribution in [1.82, 2.24) is 14.7 Å². The van der Waals surface area contributed by atoms with Gasteiger partial charge in [0.25, 0.3) is 0 Å². The van der Waals surface area contributed by atoms with Crippen LogP contribution >= 0.6 is 0 Å². The molecule has 3 heterocycles. The number of nitrogens with zero attached hydrogens (tertiary/aromatic N) is 3. The molecule has 0 aromatic carbocycles. The Hall–Kier alpha value is -1.59. The largest absolute Gasteiger partial charge is 0.468 e. The molecule has 2 aromatic heterocycles. The maximum Gasteiger partial charge on any atom is 0.117 e. The van der Waals surface area contributed by atoms with Crippen molar-refractivity contribution in [3.05, 3.63) is 42.1 Å². The van der Waals surface area contributed by atoms with E-state index in [2.05, 4.69) is 20.7 Å². The summed E-state index contributed by atoms with van der Waals surface area (Å²) in [6, 6.07) is 6.06. The van der Waals surface area contributed by atoms with E-state index in [0.29, 0.717) is 5.92 Å². The molecule has 3 rings (SSSR count). The molecule has 108 valence electrons. The summed E-state index contributed by atoms with van der Waals surface area (Å²) in [5.74, 6) is 1.47. The van der Waals surface area contributed by atoms with E-state index in [-0.39, 0.29) is 0 Å². The molecular formula is C15H21N3O2. The van der Waals surface area contributed by atoms with E-state index in [1.165, 1.54) is 5.69 Å². The number of hydrogen-bond donors (Lipinski definition) is 0. The lowest BCUT2D eigenvalue weighted by atomic mass is 10.1. The molecule has 1 atom stereocenters. The van der Waals surface area contributed by atoms with Crippen LogP contribution in [0, 0.1) is 5.92 Å². The van der Waals surface area contributed by atoms with Crippen molar-refractivity contribution < 1.29 is 9.15 Å². The van der Waals surface area contributed by atoms with Crippen molar-refractivity contribution in [3.8, 4) is 0 Å². The minimum Gasteiger partial charge on any atom is -0.468 e. The van der Waals surface area contributed by atoms with E-state index in [9.17, 15) is 0 Å². The van der Waals surface area contributed by atoms with E-state index >= 15 is 0 Å². The van der Waals surface area contributed by atoms with Crippen molar-refractivity contribution in [2.45, 2.75) is 26.6 Å². The third-order valence-corrected chi connectivity index (χ3v) is 3.65. The number of aromatic nitrogens is 2. The smallest absolute Gasteiger partial charge is 0.117 e. The number of hydrogen-bond acceptors (Lipinski definition) is 4. The molecule has 0 bridgehead atoms. The standard InChI is InChI=1S/C15H21N3O2/c1-2-19-12-13-8-17(11-15-4-3-7-20-15)10-14-5-6-16-18(14)9-13/h3-7,13H,2,8-12H2,1H3/t13-/m0/s1. The van der Waals surface area contributed by atoms with Crippen molar-refractivity contribution in [3.63, 3.8) is 0 Å². The Labute approximate surface area is 119 Å². The van der Waals surface area contributed by atoms with Crippen molar-refractivity contribution in [1.29, 1.82) is 0 Å². The zero-order valence-corrected chi connectivity index (χ0v) is 11.9. The van der Waals surface area contributed by atoms with Gasteiger partial charge in [-0.25, -0.2) is 0 Å². The maximum absolute atomic E-state index is 5.61. The van der Waals surface area contributed by atoms with E-state index in [4.69, 9.17) is 9.15 Å². The summed E-state index contributed by atoms with van der Waals surface area (Å²) >= 11 is 0. The highest BCUT2D eigenvalue weighted by atomic mass is 16.5. The minimum atomic E-state index is 0.464. The summed E-state index contributed by atoms with van der Waals surface area (Å²) in [4.78, 5) is 2.41. The predicted octanol–water partition coefficient (Wildman–Crippen LogP) is 2.14. The molecule has 1 aliphatic heterocycles. The third-order valence-electron chi connectivity index (χ3n) is 3.65. The summed E-state index contributed by atoms with van der Waals surface area (Å²) in [5.41, 5.74) is 1.26. The second-order valence-electron chi connectivity index (χ2n) is 5.28. The highest BCUT2D eigenvalue weighted by molar-refractivity contribution is 5.04. The van der Waals surface area contributed by atoms with Gasteiger partial charge in [-0.2, -0.15) is 5.10 Å². The van der Waals surface area contributed by atoms with Crippen molar-refractivity contribution in [2.24, 2.45) is 5.92 Å². The first-order chi connectivity index (χ1) is 9.85. The highest BCUT2D eigenvalue weighted by Crippen LogP contribution is 2.18. The summed E-state index contributed by atoms with van der Waals surface area (Å²) < 4.78 is 13.2. The van der Waals surface area contributed by atoms with Gasteiger partial charge in [-0.15, -0.1) is 0 Å². The molecule has 0 saturated heterocycles. The SMILES string of the molecule is CCOC[C@H]1CN(Cc2ccco2)Cc2ccnn2C1. The Balaban J connectivity index is 1.73. The van der Waals surface area contributed by atoms with Crippen molar-refractivity contribution >= 4 is 0 Å². The first-order valence-corrected chi connectivity index (χ1v) is 7.18. The quantitative estimate of drug-likeness (QED) is 0.838. The molecule has 20 heavy (non-hydrogen) atoms. The molecule has 0 spiro atoms. The minimum absolute atomic E-state index is 0.464.